The van der Waals surface area contributed by atoms with Gasteiger partial charge in [0.05, 0.1) is 0 Å². The van der Waals surface area contributed by atoms with Crippen molar-refractivity contribution < 1.29 is 13.8 Å². The van der Waals surface area contributed by atoms with E-state index in [9.17, 15) is 9.18 Å². The summed E-state index contributed by atoms with van der Waals surface area (Å²) in [7, 11) is 0. The summed E-state index contributed by atoms with van der Waals surface area (Å²) >= 11 is 0. The highest BCUT2D eigenvalue weighted by atomic mass is 19.1. The summed E-state index contributed by atoms with van der Waals surface area (Å²) in [6, 6.07) is 5.88. The fourth-order valence-corrected chi connectivity index (χ4v) is 1.31. The number of rotatable bonds is 3. The van der Waals surface area contributed by atoms with E-state index >= 15 is 0 Å². The number of carbonyl (C=O) groups is 1. The van der Waals surface area contributed by atoms with E-state index in [1.165, 1.54) is 12.1 Å². The van der Waals surface area contributed by atoms with Gasteiger partial charge in [0.2, 0.25) is 0 Å². The number of aryl methyl sites for hydroxylation is 1. The molecule has 0 aliphatic heterocycles. The van der Waals surface area contributed by atoms with E-state index in [0.29, 0.717) is 12.2 Å². The molecule has 2 rings (SSSR count). The first kappa shape index (κ1) is 11.3. The lowest BCUT2D eigenvalue weighted by Gasteiger charge is -2.02. The second-order valence-corrected chi connectivity index (χ2v) is 3.51. The number of benzene rings is 1. The standard InChI is InChI=1S/C11H10FN3O2/c1-7-10(15-17-14-7)11(16)13-6-8-2-4-9(12)5-3-8/h2-5H,6H2,1H3,(H,13,16). The molecule has 1 aromatic heterocycles. The molecule has 0 unspecified atom stereocenters. The molecule has 0 aliphatic carbocycles. The molecule has 0 saturated heterocycles. The Kier molecular flexibility index (Phi) is 3.13. The molecule has 1 amide bonds. The summed E-state index contributed by atoms with van der Waals surface area (Å²) in [4.78, 5) is 11.6. The van der Waals surface area contributed by atoms with Crippen LogP contribution in [0.15, 0.2) is 28.9 Å². The van der Waals surface area contributed by atoms with Crippen molar-refractivity contribution in [3.63, 3.8) is 0 Å². The van der Waals surface area contributed by atoms with E-state index in [2.05, 4.69) is 20.3 Å². The molecule has 88 valence electrons. The summed E-state index contributed by atoms with van der Waals surface area (Å²) in [6.45, 7) is 1.93. The largest absolute Gasteiger partial charge is 0.346 e. The molecule has 0 fully saturated rings. The molecule has 0 radical (unpaired) electrons. The van der Waals surface area contributed by atoms with Gasteiger partial charge in [-0.2, -0.15) is 0 Å². The number of amides is 1. The minimum absolute atomic E-state index is 0.159. The summed E-state index contributed by atoms with van der Waals surface area (Å²) in [5.41, 5.74) is 1.39. The van der Waals surface area contributed by atoms with Gasteiger partial charge in [-0.15, -0.1) is 0 Å². The van der Waals surface area contributed by atoms with Crippen molar-refractivity contribution in [2.24, 2.45) is 0 Å². The van der Waals surface area contributed by atoms with Crippen LogP contribution >= 0.6 is 0 Å². The Morgan fingerprint density at radius 3 is 2.65 bits per heavy atom. The average molecular weight is 235 g/mol. The maximum atomic E-state index is 12.6. The van der Waals surface area contributed by atoms with Crippen LogP contribution in [0.25, 0.3) is 0 Å². The Hall–Kier alpha value is -2.24. The van der Waals surface area contributed by atoms with Crippen LogP contribution in [0.4, 0.5) is 4.39 Å². The molecule has 1 N–H and O–H groups in total. The number of hydrogen-bond donors (Lipinski definition) is 1. The third-order valence-electron chi connectivity index (χ3n) is 2.23. The van der Waals surface area contributed by atoms with E-state index in [0.717, 1.165) is 5.56 Å². The average Bonchev–Trinajstić information content (AvgIpc) is 2.74. The Morgan fingerprint density at radius 2 is 2.06 bits per heavy atom. The first-order chi connectivity index (χ1) is 8.16. The van der Waals surface area contributed by atoms with Crippen LogP contribution in [-0.2, 0) is 6.54 Å². The van der Waals surface area contributed by atoms with E-state index in [4.69, 9.17) is 0 Å². The van der Waals surface area contributed by atoms with Gasteiger partial charge in [-0.05, 0) is 29.8 Å². The molecular weight excluding hydrogens is 225 g/mol. The zero-order chi connectivity index (χ0) is 12.3. The highest BCUT2D eigenvalue weighted by molar-refractivity contribution is 5.92. The quantitative estimate of drug-likeness (QED) is 0.874. The third kappa shape index (κ3) is 2.66. The zero-order valence-electron chi connectivity index (χ0n) is 9.11. The van der Waals surface area contributed by atoms with Crippen molar-refractivity contribution in [1.82, 2.24) is 15.6 Å². The van der Waals surface area contributed by atoms with Gasteiger partial charge in [-0.25, -0.2) is 9.02 Å². The third-order valence-corrected chi connectivity index (χ3v) is 2.23. The van der Waals surface area contributed by atoms with Gasteiger partial charge in [0.15, 0.2) is 5.69 Å². The number of carbonyl (C=O) groups excluding carboxylic acids is 1. The van der Waals surface area contributed by atoms with Gasteiger partial charge in [0, 0.05) is 6.54 Å². The summed E-state index contributed by atoms with van der Waals surface area (Å²) < 4.78 is 17.1. The molecule has 6 heteroatoms. The molecule has 17 heavy (non-hydrogen) atoms. The predicted molar refractivity (Wildman–Crippen MR) is 56.6 cm³/mol. The number of nitrogens with one attached hydrogen (secondary N) is 1. The SMILES string of the molecule is Cc1nonc1C(=O)NCc1ccc(F)cc1. The fraction of sp³-hybridized carbons (Fsp3) is 0.182. The van der Waals surface area contributed by atoms with Crippen molar-refractivity contribution in [2.45, 2.75) is 13.5 Å². The molecular formula is C11H10FN3O2. The molecule has 0 atom stereocenters. The van der Waals surface area contributed by atoms with Gasteiger partial charge in [-0.3, -0.25) is 4.79 Å². The highest BCUT2D eigenvalue weighted by Gasteiger charge is 2.14. The lowest BCUT2D eigenvalue weighted by molar-refractivity contribution is 0.0940. The number of nitrogens with zero attached hydrogens (tertiary/aromatic N) is 2. The Labute approximate surface area is 96.6 Å². The topological polar surface area (TPSA) is 68.0 Å². The zero-order valence-corrected chi connectivity index (χ0v) is 9.11. The van der Waals surface area contributed by atoms with Gasteiger partial charge in [0.25, 0.3) is 5.91 Å². The summed E-state index contributed by atoms with van der Waals surface area (Å²) in [6.07, 6.45) is 0. The number of halogens is 1. The number of aromatic nitrogens is 2. The lowest BCUT2D eigenvalue weighted by Crippen LogP contribution is -2.23. The molecule has 0 aliphatic rings. The molecule has 0 spiro atoms. The van der Waals surface area contributed by atoms with Crippen LogP contribution in [0.1, 0.15) is 21.7 Å². The van der Waals surface area contributed by atoms with Crippen molar-refractivity contribution in [3.05, 3.63) is 47.0 Å². The Bertz CT molecular complexity index is 522. The number of hydrogen-bond acceptors (Lipinski definition) is 4. The van der Waals surface area contributed by atoms with Gasteiger partial charge < -0.3 is 5.32 Å². The van der Waals surface area contributed by atoms with Gasteiger partial charge in [-0.1, -0.05) is 17.3 Å². The highest BCUT2D eigenvalue weighted by Crippen LogP contribution is 2.04. The van der Waals surface area contributed by atoms with Crippen LogP contribution in [0.3, 0.4) is 0 Å². The molecule has 0 saturated carbocycles. The molecule has 1 aromatic carbocycles. The molecule has 2 aromatic rings. The van der Waals surface area contributed by atoms with Crippen LogP contribution in [0.2, 0.25) is 0 Å². The smallest absolute Gasteiger partial charge is 0.275 e. The first-order valence-corrected chi connectivity index (χ1v) is 4.98. The Balaban J connectivity index is 1.97. The predicted octanol–water partition coefficient (Wildman–Crippen LogP) is 1.45. The van der Waals surface area contributed by atoms with Crippen molar-refractivity contribution in [3.8, 4) is 0 Å². The van der Waals surface area contributed by atoms with Crippen LogP contribution in [0.5, 0.6) is 0 Å². The van der Waals surface area contributed by atoms with Gasteiger partial charge in [0.1, 0.15) is 11.5 Å². The first-order valence-electron chi connectivity index (χ1n) is 4.98. The Morgan fingerprint density at radius 1 is 1.35 bits per heavy atom. The molecule has 5 nitrogen and oxygen atoms in total. The fourth-order valence-electron chi connectivity index (χ4n) is 1.31. The normalized spacial score (nSPS) is 10.2. The molecule has 1 heterocycles. The van der Waals surface area contributed by atoms with Gasteiger partial charge >= 0.3 is 0 Å². The van der Waals surface area contributed by atoms with Crippen LogP contribution in [0, 0.1) is 12.7 Å². The second-order valence-electron chi connectivity index (χ2n) is 3.51. The van der Waals surface area contributed by atoms with E-state index < -0.39 is 0 Å². The van der Waals surface area contributed by atoms with Crippen molar-refractivity contribution in [1.29, 1.82) is 0 Å². The van der Waals surface area contributed by atoms with E-state index in [1.54, 1.807) is 19.1 Å². The monoisotopic (exact) mass is 235 g/mol. The summed E-state index contributed by atoms with van der Waals surface area (Å²) in [5.74, 6) is -0.676. The van der Waals surface area contributed by atoms with E-state index in [-0.39, 0.29) is 17.4 Å². The summed E-state index contributed by atoms with van der Waals surface area (Å²) in [5, 5.41) is 9.63. The molecule has 0 bridgehead atoms. The van der Waals surface area contributed by atoms with E-state index in [1.807, 2.05) is 0 Å². The van der Waals surface area contributed by atoms with Crippen LogP contribution in [-0.4, -0.2) is 16.2 Å². The second kappa shape index (κ2) is 4.73. The van der Waals surface area contributed by atoms with Crippen molar-refractivity contribution >= 4 is 5.91 Å². The maximum Gasteiger partial charge on any atom is 0.275 e. The minimum atomic E-state index is -0.368. The van der Waals surface area contributed by atoms with Crippen molar-refractivity contribution in [2.75, 3.05) is 0 Å². The van der Waals surface area contributed by atoms with Crippen LogP contribution < -0.4 is 5.32 Å². The lowest BCUT2D eigenvalue weighted by atomic mass is 10.2. The minimum Gasteiger partial charge on any atom is -0.346 e. The maximum absolute atomic E-state index is 12.6.